The van der Waals surface area contributed by atoms with Crippen LogP contribution in [0.4, 0.5) is 10.1 Å². The van der Waals surface area contributed by atoms with Gasteiger partial charge in [0.25, 0.3) is 5.91 Å². The van der Waals surface area contributed by atoms with Crippen LogP contribution < -0.4 is 5.73 Å². The van der Waals surface area contributed by atoms with Gasteiger partial charge in [-0.2, -0.15) is 0 Å². The molecule has 4 nitrogen and oxygen atoms in total. The van der Waals surface area contributed by atoms with Crippen molar-refractivity contribution in [3.8, 4) is 0 Å². The Labute approximate surface area is 113 Å². The molecule has 0 aromatic heterocycles. The molecule has 1 fully saturated rings. The molecule has 0 saturated carbocycles. The van der Waals surface area contributed by atoms with Crippen molar-refractivity contribution < 1.29 is 9.18 Å². The van der Waals surface area contributed by atoms with Crippen molar-refractivity contribution in [2.24, 2.45) is 0 Å². The van der Waals surface area contributed by atoms with Crippen LogP contribution in [0.3, 0.4) is 0 Å². The Kier molecular flexibility index (Phi) is 4.04. The summed E-state index contributed by atoms with van der Waals surface area (Å²) in [6.45, 7) is 1.93. The zero-order valence-electron chi connectivity index (χ0n) is 11.4. The van der Waals surface area contributed by atoms with E-state index in [2.05, 4.69) is 11.9 Å². The summed E-state index contributed by atoms with van der Waals surface area (Å²) in [5, 5.41) is 0. The molecule has 0 radical (unpaired) electrons. The van der Waals surface area contributed by atoms with E-state index in [0.29, 0.717) is 5.69 Å². The summed E-state index contributed by atoms with van der Waals surface area (Å²) in [4.78, 5) is 16.2. The molecule has 2 rings (SSSR count). The second-order valence-corrected chi connectivity index (χ2v) is 5.19. The number of halogens is 1. The summed E-state index contributed by atoms with van der Waals surface area (Å²) >= 11 is 0. The first-order valence-corrected chi connectivity index (χ1v) is 6.50. The van der Waals surface area contributed by atoms with Crippen molar-refractivity contribution in [2.75, 3.05) is 32.9 Å². The van der Waals surface area contributed by atoms with Gasteiger partial charge in [0.05, 0.1) is 5.56 Å². The fourth-order valence-electron chi connectivity index (χ4n) is 2.44. The van der Waals surface area contributed by atoms with Gasteiger partial charge in [0.2, 0.25) is 0 Å². The normalized spacial score (nSPS) is 17.4. The summed E-state index contributed by atoms with van der Waals surface area (Å²) in [5.41, 5.74) is 5.91. The van der Waals surface area contributed by atoms with E-state index >= 15 is 0 Å². The lowest BCUT2D eigenvalue weighted by Crippen LogP contribution is -2.44. The van der Waals surface area contributed by atoms with E-state index in [9.17, 15) is 9.18 Å². The van der Waals surface area contributed by atoms with Gasteiger partial charge in [0.1, 0.15) is 5.82 Å². The second kappa shape index (κ2) is 5.57. The average Bonchev–Trinajstić information content (AvgIpc) is 2.38. The summed E-state index contributed by atoms with van der Waals surface area (Å²) in [6, 6.07) is 4.38. The number of piperidine rings is 1. The third-order valence-corrected chi connectivity index (χ3v) is 3.78. The lowest BCUT2D eigenvalue weighted by atomic mass is 10.0. The van der Waals surface area contributed by atoms with Gasteiger partial charge in [-0.05, 0) is 51.2 Å². The number of carbonyl (C=O) groups excluding carboxylic acids is 1. The number of amides is 1. The van der Waals surface area contributed by atoms with Crippen molar-refractivity contribution >= 4 is 11.6 Å². The molecule has 1 aliphatic rings. The van der Waals surface area contributed by atoms with Crippen LogP contribution >= 0.6 is 0 Å². The highest BCUT2D eigenvalue weighted by Crippen LogP contribution is 2.19. The molecule has 1 saturated heterocycles. The number of hydrogen-bond acceptors (Lipinski definition) is 3. The maximum atomic E-state index is 13.8. The van der Waals surface area contributed by atoms with E-state index in [1.165, 1.54) is 12.1 Å². The maximum Gasteiger partial charge on any atom is 0.256 e. The predicted molar refractivity (Wildman–Crippen MR) is 73.4 cm³/mol. The van der Waals surface area contributed by atoms with Crippen LogP contribution in [0, 0.1) is 5.82 Å². The van der Waals surface area contributed by atoms with Crippen LogP contribution in [0.5, 0.6) is 0 Å². The van der Waals surface area contributed by atoms with Gasteiger partial charge in [-0.1, -0.05) is 0 Å². The Morgan fingerprint density at radius 1 is 1.42 bits per heavy atom. The molecule has 1 aromatic carbocycles. The van der Waals surface area contributed by atoms with Crippen LogP contribution in [-0.4, -0.2) is 48.9 Å². The molecular formula is C14H20FN3O. The summed E-state index contributed by atoms with van der Waals surface area (Å²) < 4.78 is 13.8. The number of rotatable bonds is 2. The molecule has 19 heavy (non-hydrogen) atoms. The lowest BCUT2D eigenvalue weighted by Gasteiger charge is -2.35. The van der Waals surface area contributed by atoms with Crippen molar-refractivity contribution in [3.05, 3.63) is 29.6 Å². The fraction of sp³-hybridized carbons (Fsp3) is 0.500. The highest BCUT2D eigenvalue weighted by atomic mass is 19.1. The van der Waals surface area contributed by atoms with E-state index in [1.54, 1.807) is 18.0 Å². The highest BCUT2D eigenvalue weighted by Gasteiger charge is 2.26. The van der Waals surface area contributed by atoms with Gasteiger partial charge >= 0.3 is 0 Å². The largest absolute Gasteiger partial charge is 0.399 e. The molecule has 0 spiro atoms. The zero-order valence-corrected chi connectivity index (χ0v) is 11.4. The minimum atomic E-state index is -0.551. The Bertz CT molecular complexity index is 470. The first-order chi connectivity index (χ1) is 8.99. The van der Waals surface area contributed by atoms with Gasteiger partial charge in [-0.15, -0.1) is 0 Å². The number of carbonyl (C=O) groups is 1. The number of benzene rings is 1. The van der Waals surface area contributed by atoms with Crippen LogP contribution in [-0.2, 0) is 0 Å². The predicted octanol–water partition coefficient (Wildman–Crippen LogP) is 1.57. The quantitative estimate of drug-likeness (QED) is 0.826. The Morgan fingerprint density at radius 2 is 2.05 bits per heavy atom. The minimum Gasteiger partial charge on any atom is -0.399 e. The number of nitrogen functional groups attached to an aromatic ring is 1. The van der Waals surface area contributed by atoms with Gasteiger partial charge in [-0.25, -0.2) is 4.39 Å². The van der Waals surface area contributed by atoms with Gasteiger partial charge < -0.3 is 15.5 Å². The smallest absolute Gasteiger partial charge is 0.256 e. The molecule has 1 heterocycles. The molecule has 1 amide bonds. The lowest BCUT2D eigenvalue weighted by molar-refractivity contribution is 0.0655. The van der Waals surface area contributed by atoms with Crippen LogP contribution in [0.2, 0.25) is 0 Å². The van der Waals surface area contributed by atoms with E-state index in [0.717, 1.165) is 25.9 Å². The van der Waals surface area contributed by atoms with E-state index in [4.69, 9.17) is 5.73 Å². The number of nitrogens with zero attached hydrogens (tertiary/aromatic N) is 2. The summed E-state index contributed by atoms with van der Waals surface area (Å²) in [6.07, 6.45) is 1.85. The van der Waals surface area contributed by atoms with E-state index in [1.807, 2.05) is 0 Å². The Morgan fingerprint density at radius 3 is 2.63 bits per heavy atom. The topological polar surface area (TPSA) is 49.6 Å². The number of hydrogen-bond donors (Lipinski definition) is 1. The molecule has 0 unspecified atom stereocenters. The fourth-order valence-corrected chi connectivity index (χ4v) is 2.44. The van der Waals surface area contributed by atoms with Crippen LogP contribution in [0.15, 0.2) is 18.2 Å². The monoisotopic (exact) mass is 265 g/mol. The average molecular weight is 265 g/mol. The second-order valence-electron chi connectivity index (χ2n) is 5.19. The molecule has 0 aliphatic carbocycles. The molecule has 1 aromatic rings. The molecule has 0 atom stereocenters. The molecule has 104 valence electrons. The standard InChI is InChI=1S/C14H20FN3O/c1-17-7-5-11(6-8-17)18(2)14(19)12-4-3-10(16)9-13(12)15/h3-4,9,11H,5-8,16H2,1-2H3. The highest BCUT2D eigenvalue weighted by molar-refractivity contribution is 5.94. The zero-order chi connectivity index (χ0) is 14.0. The molecule has 2 N–H and O–H groups in total. The third-order valence-electron chi connectivity index (χ3n) is 3.78. The minimum absolute atomic E-state index is 0.0932. The van der Waals surface area contributed by atoms with Crippen LogP contribution in [0.1, 0.15) is 23.2 Å². The van der Waals surface area contributed by atoms with Gasteiger partial charge in [0.15, 0.2) is 0 Å². The first kappa shape index (κ1) is 13.8. The first-order valence-electron chi connectivity index (χ1n) is 6.50. The maximum absolute atomic E-state index is 13.8. The van der Waals surface area contributed by atoms with Crippen molar-refractivity contribution in [1.29, 1.82) is 0 Å². The van der Waals surface area contributed by atoms with Crippen molar-refractivity contribution in [3.63, 3.8) is 0 Å². The summed E-state index contributed by atoms with van der Waals surface area (Å²) in [7, 11) is 3.81. The molecule has 0 bridgehead atoms. The number of nitrogens with two attached hydrogens (primary N) is 1. The molecule has 5 heteroatoms. The van der Waals surface area contributed by atoms with Gasteiger partial charge in [-0.3, -0.25) is 4.79 Å². The van der Waals surface area contributed by atoms with Crippen molar-refractivity contribution in [1.82, 2.24) is 9.80 Å². The molecule has 1 aliphatic heterocycles. The SMILES string of the molecule is CN1CCC(N(C)C(=O)c2ccc(N)cc2F)CC1. The Hall–Kier alpha value is -1.62. The van der Waals surface area contributed by atoms with Crippen molar-refractivity contribution in [2.45, 2.75) is 18.9 Å². The summed E-state index contributed by atoms with van der Waals surface area (Å²) in [5.74, 6) is -0.822. The van der Waals surface area contributed by atoms with E-state index in [-0.39, 0.29) is 17.5 Å². The number of likely N-dealkylation sites (tertiary alicyclic amines) is 1. The van der Waals surface area contributed by atoms with Crippen LogP contribution in [0.25, 0.3) is 0 Å². The molecular weight excluding hydrogens is 245 g/mol. The van der Waals surface area contributed by atoms with Gasteiger partial charge in [0, 0.05) is 18.8 Å². The Balaban J connectivity index is 2.10. The third kappa shape index (κ3) is 3.04. The number of anilines is 1. The van der Waals surface area contributed by atoms with E-state index < -0.39 is 5.82 Å².